The van der Waals surface area contributed by atoms with Gasteiger partial charge in [-0.05, 0) is 24.0 Å². The van der Waals surface area contributed by atoms with Crippen molar-refractivity contribution in [2.24, 2.45) is 5.73 Å². The van der Waals surface area contributed by atoms with Crippen LogP contribution in [0.1, 0.15) is 23.6 Å². The van der Waals surface area contributed by atoms with Gasteiger partial charge in [-0.1, -0.05) is 36.4 Å². The van der Waals surface area contributed by atoms with Crippen LogP contribution in [-0.4, -0.2) is 0 Å². The van der Waals surface area contributed by atoms with Crippen LogP contribution in [0, 0.1) is 0 Å². The Kier molecular flexibility index (Phi) is 1.96. The number of hydrogen-bond donors (Lipinski definition) is 1. The maximum atomic E-state index is 6.00. The van der Waals surface area contributed by atoms with E-state index in [2.05, 4.69) is 36.4 Å². The van der Waals surface area contributed by atoms with Crippen LogP contribution in [0.15, 0.2) is 36.4 Å². The largest absolute Gasteiger partial charge is 0.324 e. The first-order chi connectivity index (χ1) is 5.88. The Morgan fingerprint density at radius 2 is 2.00 bits per heavy atom. The molecule has 0 aromatic heterocycles. The second-order valence-electron chi connectivity index (χ2n) is 3.22. The first-order valence-electron chi connectivity index (χ1n) is 4.36. The Morgan fingerprint density at radius 3 is 2.92 bits per heavy atom. The van der Waals surface area contributed by atoms with E-state index < -0.39 is 0 Å². The molecule has 12 heavy (non-hydrogen) atoms. The van der Waals surface area contributed by atoms with Crippen LogP contribution in [0.2, 0.25) is 0 Å². The third-order valence-corrected chi connectivity index (χ3v) is 2.35. The van der Waals surface area contributed by atoms with Gasteiger partial charge >= 0.3 is 0 Å². The summed E-state index contributed by atoms with van der Waals surface area (Å²) in [6.45, 7) is 0. The standard InChI is InChI=1S/C11H13N/c12-11-8-4-2-6-9-5-1-3-7-10(9)11/h1-5,7,11H,6,8,12H2/t11-/m0/s1. The van der Waals surface area contributed by atoms with E-state index in [1.807, 2.05) is 0 Å². The van der Waals surface area contributed by atoms with Crippen molar-refractivity contribution >= 4 is 0 Å². The second kappa shape index (κ2) is 3.11. The van der Waals surface area contributed by atoms with E-state index in [1.54, 1.807) is 0 Å². The molecule has 0 radical (unpaired) electrons. The van der Waals surface area contributed by atoms with Crippen LogP contribution in [-0.2, 0) is 6.42 Å². The summed E-state index contributed by atoms with van der Waals surface area (Å²) in [5.74, 6) is 0. The molecule has 2 rings (SSSR count). The summed E-state index contributed by atoms with van der Waals surface area (Å²) in [6.07, 6.45) is 6.37. The van der Waals surface area contributed by atoms with Crippen molar-refractivity contribution in [2.75, 3.05) is 0 Å². The van der Waals surface area contributed by atoms with Gasteiger partial charge in [0.05, 0.1) is 0 Å². The maximum Gasteiger partial charge on any atom is 0.0332 e. The summed E-state index contributed by atoms with van der Waals surface area (Å²) in [4.78, 5) is 0. The van der Waals surface area contributed by atoms with Gasteiger partial charge in [0.25, 0.3) is 0 Å². The molecule has 1 atom stereocenters. The molecule has 0 saturated heterocycles. The summed E-state index contributed by atoms with van der Waals surface area (Å²) in [5, 5.41) is 0. The number of allylic oxidation sites excluding steroid dienone is 1. The molecule has 1 aromatic rings. The molecule has 1 aliphatic rings. The van der Waals surface area contributed by atoms with Crippen molar-refractivity contribution in [3.8, 4) is 0 Å². The Bertz CT molecular complexity index is 302. The summed E-state index contributed by atoms with van der Waals surface area (Å²) in [7, 11) is 0. The molecule has 0 heterocycles. The third kappa shape index (κ3) is 1.28. The molecule has 1 nitrogen and oxygen atoms in total. The lowest BCUT2D eigenvalue weighted by Crippen LogP contribution is -2.09. The highest BCUT2D eigenvalue weighted by molar-refractivity contribution is 5.33. The highest BCUT2D eigenvalue weighted by atomic mass is 14.6. The Balaban J connectivity index is 2.45. The quantitative estimate of drug-likeness (QED) is 0.577. The molecular formula is C11H13N. The summed E-state index contributed by atoms with van der Waals surface area (Å²) in [5.41, 5.74) is 8.68. The molecule has 0 spiro atoms. The fourth-order valence-corrected chi connectivity index (χ4v) is 1.66. The Morgan fingerprint density at radius 1 is 1.17 bits per heavy atom. The SMILES string of the molecule is N[C@H]1CC=CCc2ccccc21. The van der Waals surface area contributed by atoms with E-state index in [4.69, 9.17) is 5.73 Å². The van der Waals surface area contributed by atoms with E-state index in [0.29, 0.717) is 0 Å². The zero-order chi connectivity index (χ0) is 8.39. The summed E-state index contributed by atoms with van der Waals surface area (Å²) >= 11 is 0. The molecule has 2 N–H and O–H groups in total. The number of nitrogens with two attached hydrogens (primary N) is 1. The van der Waals surface area contributed by atoms with Crippen LogP contribution < -0.4 is 5.73 Å². The van der Waals surface area contributed by atoms with E-state index in [0.717, 1.165) is 12.8 Å². The van der Waals surface area contributed by atoms with E-state index in [-0.39, 0.29) is 6.04 Å². The Labute approximate surface area is 72.9 Å². The van der Waals surface area contributed by atoms with Crippen LogP contribution in [0.3, 0.4) is 0 Å². The molecular weight excluding hydrogens is 146 g/mol. The van der Waals surface area contributed by atoms with Crippen LogP contribution in [0.25, 0.3) is 0 Å². The average Bonchev–Trinajstić information content (AvgIpc) is 2.29. The van der Waals surface area contributed by atoms with E-state index in [1.165, 1.54) is 11.1 Å². The molecule has 1 heteroatoms. The summed E-state index contributed by atoms with van der Waals surface area (Å²) in [6, 6.07) is 8.62. The molecule has 0 unspecified atom stereocenters. The minimum atomic E-state index is 0.194. The second-order valence-corrected chi connectivity index (χ2v) is 3.22. The van der Waals surface area contributed by atoms with Gasteiger partial charge < -0.3 is 5.73 Å². The summed E-state index contributed by atoms with van der Waals surface area (Å²) < 4.78 is 0. The van der Waals surface area contributed by atoms with Crippen molar-refractivity contribution in [1.82, 2.24) is 0 Å². The molecule has 0 amide bonds. The fourth-order valence-electron chi connectivity index (χ4n) is 1.66. The highest BCUT2D eigenvalue weighted by Gasteiger charge is 2.10. The van der Waals surface area contributed by atoms with Crippen LogP contribution in [0.4, 0.5) is 0 Å². The third-order valence-electron chi connectivity index (χ3n) is 2.35. The lowest BCUT2D eigenvalue weighted by atomic mass is 10.00. The lowest BCUT2D eigenvalue weighted by molar-refractivity contribution is 0.740. The molecule has 1 aromatic carbocycles. The minimum absolute atomic E-state index is 0.194. The van der Waals surface area contributed by atoms with E-state index in [9.17, 15) is 0 Å². The average molecular weight is 159 g/mol. The van der Waals surface area contributed by atoms with Gasteiger partial charge in [-0.3, -0.25) is 0 Å². The normalized spacial score (nSPS) is 21.6. The van der Waals surface area contributed by atoms with Gasteiger partial charge in [0.15, 0.2) is 0 Å². The topological polar surface area (TPSA) is 26.0 Å². The Hall–Kier alpha value is -1.08. The van der Waals surface area contributed by atoms with Gasteiger partial charge in [-0.2, -0.15) is 0 Å². The first-order valence-corrected chi connectivity index (χ1v) is 4.36. The lowest BCUT2D eigenvalue weighted by Gasteiger charge is -2.11. The van der Waals surface area contributed by atoms with Crippen molar-refractivity contribution in [1.29, 1.82) is 0 Å². The molecule has 62 valence electrons. The van der Waals surface area contributed by atoms with Crippen molar-refractivity contribution < 1.29 is 0 Å². The van der Waals surface area contributed by atoms with E-state index >= 15 is 0 Å². The van der Waals surface area contributed by atoms with Crippen LogP contribution >= 0.6 is 0 Å². The number of rotatable bonds is 0. The minimum Gasteiger partial charge on any atom is -0.324 e. The monoisotopic (exact) mass is 159 g/mol. The fraction of sp³-hybridized carbons (Fsp3) is 0.273. The number of benzene rings is 1. The van der Waals surface area contributed by atoms with Gasteiger partial charge in [0.1, 0.15) is 0 Å². The van der Waals surface area contributed by atoms with Crippen molar-refractivity contribution in [3.63, 3.8) is 0 Å². The molecule has 0 aliphatic heterocycles. The number of fused-ring (bicyclic) bond motifs is 1. The van der Waals surface area contributed by atoms with Gasteiger partial charge in [-0.25, -0.2) is 0 Å². The molecule has 0 bridgehead atoms. The predicted molar refractivity (Wildman–Crippen MR) is 50.8 cm³/mol. The zero-order valence-electron chi connectivity index (χ0n) is 7.03. The van der Waals surface area contributed by atoms with Crippen molar-refractivity contribution in [3.05, 3.63) is 47.5 Å². The number of hydrogen-bond acceptors (Lipinski definition) is 1. The molecule has 1 aliphatic carbocycles. The van der Waals surface area contributed by atoms with Gasteiger partial charge in [-0.15, -0.1) is 0 Å². The zero-order valence-corrected chi connectivity index (χ0v) is 7.03. The first kappa shape index (κ1) is 7.56. The van der Waals surface area contributed by atoms with Crippen molar-refractivity contribution in [2.45, 2.75) is 18.9 Å². The van der Waals surface area contributed by atoms with Crippen LogP contribution in [0.5, 0.6) is 0 Å². The van der Waals surface area contributed by atoms with Gasteiger partial charge in [0, 0.05) is 6.04 Å². The molecule has 0 saturated carbocycles. The predicted octanol–water partition coefficient (Wildman–Crippen LogP) is 2.19. The smallest absolute Gasteiger partial charge is 0.0332 e. The highest BCUT2D eigenvalue weighted by Crippen LogP contribution is 2.22. The molecule has 0 fully saturated rings. The maximum absolute atomic E-state index is 6.00. The van der Waals surface area contributed by atoms with Gasteiger partial charge in [0.2, 0.25) is 0 Å².